The summed E-state index contributed by atoms with van der Waals surface area (Å²) in [5.74, 6) is 0.421. The van der Waals surface area contributed by atoms with Crippen molar-refractivity contribution in [2.75, 3.05) is 0 Å². The van der Waals surface area contributed by atoms with Gasteiger partial charge in [0.1, 0.15) is 17.1 Å². The number of nitrogens with zero attached hydrogens (tertiary/aromatic N) is 2. The molecule has 7 heteroatoms. The molecule has 0 saturated carbocycles. The van der Waals surface area contributed by atoms with Crippen molar-refractivity contribution < 1.29 is 19.2 Å². The number of pyridine rings is 1. The zero-order chi connectivity index (χ0) is 20.4. The second-order valence-corrected chi connectivity index (χ2v) is 6.13. The summed E-state index contributed by atoms with van der Waals surface area (Å²) in [6.45, 7) is 9.35. The van der Waals surface area contributed by atoms with E-state index in [9.17, 15) is 14.9 Å². The van der Waals surface area contributed by atoms with Gasteiger partial charge in [-0.1, -0.05) is 13.8 Å². The number of aromatic nitrogens is 1. The van der Waals surface area contributed by atoms with E-state index in [2.05, 4.69) is 4.98 Å². The van der Waals surface area contributed by atoms with Crippen LogP contribution in [0.3, 0.4) is 0 Å². The van der Waals surface area contributed by atoms with Gasteiger partial charge in [-0.3, -0.25) is 15.1 Å². The third-order valence-corrected chi connectivity index (χ3v) is 2.89. The summed E-state index contributed by atoms with van der Waals surface area (Å²) >= 11 is 0. The average Bonchev–Trinajstić information content (AvgIpc) is 2.62. The van der Waals surface area contributed by atoms with Crippen molar-refractivity contribution in [3.05, 3.63) is 64.5 Å². The molecule has 0 amide bonds. The van der Waals surface area contributed by atoms with Gasteiger partial charge in [-0.25, -0.2) is 4.79 Å². The van der Waals surface area contributed by atoms with Crippen LogP contribution in [0.25, 0.3) is 6.08 Å². The molecule has 144 valence electrons. The molecule has 0 unspecified atom stereocenters. The molecule has 0 spiro atoms. The molecule has 7 nitrogen and oxygen atoms in total. The Kier molecular flexibility index (Phi) is 8.13. The molecular formula is C20H24N2O5. The summed E-state index contributed by atoms with van der Waals surface area (Å²) in [6.07, 6.45) is 5.93. The van der Waals surface area contributed by atoms with Gasteiger partial charge in [0.25, 0.3) is 5.69 Å². The quantitative estimate of drug-likeness (QED) is 0.311. The SMILES string of the molecule is CC.CC(C)(C)OC(=O)C=Cc1cnccc1Oc1ccc([N+](=O)[O-])cc1. The molecular weight excluding hydrogens is 348 g/mol. The van der Waals surface area contributed by atoms with E-state index in [4.69, 9.17) is 9.47 Å². The van der Waals surface area contributed by atoms with Crippen molar-refractivity contribution in [1.82, 2.24) is 4.98 Å². The van der Waals surface area contributed by atoms with E-state index in [0.29, 0.717) is 17.1 Å². The van der Waals surface area contributed by atoms with Crippen LogP contribution in [0.1, 0.15) is 40.2 Å². The predicted octanol–water partition coefficient (Wildman–Crippen LogP) is 5.16. The minimum atomic E-state index is -0.575. The summed E-state index contributed by atoms with van der Waals surface area (Å²) in [7, 11) is 0. The first-order valence-electron chi connectivity index (χ1n) is 8.52. The van der Waals surface area contributed by atoms with Crippen molar-refractivity contribution >= 4 is 17.7 Å². The van der Waals surface area contributed by atoms with E-state index < -0.39 is 16.5 Å². The first-order valence-corrected chi connectivity index (χ1v) is 8.52. The van der Waals surface area contributed by atoms with Crippen LogP contribution in [-0.4, -0.2) is 21.5 Å². The predicted molar refractivity (Wildman–Crippen MR) is 104 cm³/mol. The standard InChI is InChI=1S/C18H18N2O5.C2H6/c1-18(2,3)25-17(21)9-4-13-12-19-11-10-16(13)24-15-7-5-14(6-8-15)20(22)23;1-2/h4-12H,1-3H3;1-2H3. The van der Waals surface area contributed by atoms with Gasteiger partial charge >= 0.3 is 5.97 Å². The van der Waals surface area contributed by atoms with Crippen molar-refractivity contribution in [2.24, 2.45) is 0 Å². The number of hydrogen-bond acceptors (Lipinski definition) is 6. The normalized spacial score (nSPS) is 10.7. The fourth-order valence-electron chi connectivity index (χ4n) is 1.87. The second kappa shape index (κ2) is 10.1. The number of ether oxygens (including phenoxy) is 2. The summed E-state index contributed by atoms with van der Waals surface area (Å²) in [5, 5.41) is 10.7. The third kappa shape index (κ3) is 7.68. The largest absolute Gasteiger partial charge is 0.457 e. The van der Waals surface area contributed by atoms with E-state index >= 15 is 0 Å². The zero-order valence-electron chi connectivity index (χ0n) is 16.1. The molecule has 2 aromatic rings. The first kappa shape index (κ1) is 21.8. The molecule has 0 radical (unpaired) electrons. The number of carbonyl (C=O) groups is 1. The van der Waals surface area contributed by atoms with Crippen molar-refractivity contribution in [3.63, 3.8) is 0 Å². The van der Waals surface area contributed by atoms with Gasteiger partial charge < -0.3 is 9.47 Å². The maximum atomic E-state index is 11.8. The van der Waals surface area contributed by atoms with E-state index in [1.54, 1.807) is 45.3 Å². The topological polar surface area (TPSA) is 91.6 Å². The summed E-state index contributed by atoms with van der Waals surface area (Å²) in [6, 6.07) is 7.34. The molecule has 0 bridgehead atoms. The van der Waals surface area contributed by atoms with Gasteiger partial charge in [0, 0.05) is 36.2 Å². The highest BCUT2D eigenvalue weighted by atomic mass is 16.6. The fourth-order valence-corrected chi connectivity index (χ4v) is 1.87. The number of carbonyl (C=O) groups excluding carboxylic acids is 1. The Labute approximate surface area is 158 Å². The molecule has 1 aromatic heterocycles. The number of nitro groups is 1. The van der Waals surface area contributed by atoms with Crippen molar-refractivity contribution in [1.29, 1.82) is 0 Å². The third-order valence-electron chi connectivity index (χ3n) is 2.89. The van der Waals surface area contributed by atoms with Crippen LogP contribution in [0.2, 0.25) is 0 Å². The molecule has 0 N–H and O–H groups in total. The Morgan fingerprint density at radius 2 is 1.78 bits per heavy atom. The summed E-state index contributed by atoms with van der Waals surface area (Å²) in [4.78, 5) is 26.0. The number of benzene rings is 1. The van der Waals surface area contributed by atoms with Gasteiger partial charge in [-0.15, -0.1) is 0 Å². The molecule has 0 atom stereocenters. The average molecular weight is 372 g/mol. The maximum absolute atomic E-state index is 11.8. The Bertz CT molecular complexity index is 793. The van der Waals surface area contributed by atoms with Crippen LogP contribution < -0.4 is 4.74 Å². The van der Waals surface area contributed by atoms with Crippen LogP contribution in [0.15, 0.2) is 48.8 Å². The van der Waals surface area contributed by atoms with E-state index in [0.717, 1.165) is 0 Å². The lowest BCUT2D eigenvalue weighted by molar-refractivity contribution is -0.384. The summed E-state index contributed by atoms with van der Waals surface area (Å²) in [5.41, 5.74) is -0.0205. The number of non-ortho nitro benzene ring substituents is 1. The van der Waals surface area contributed by atoms with Crippen LogP contribution in [-0.2, 0) is 9.53 Å². The van der Waals surface area contributed by atoms with Crippen LogP contribution >= 0.6 is 0 Å². The first-order chi connectivity index (χ1) is 12.7. The molecule has 0 aliphatic heterocycles. The Balaban J connectivity index is 0.00000176. The number of nitro benzene ring substituents is 1. The summed E-state index contributed by atoms with van der Waals surface area (Å²) < 4.78 is 10.9. The Morgan fingerprint density at radius 1 is 1.15 bits per heavy atom. The van der Waals surface area contributed by atoms with Crippen LogP contribution in [0, 0.1) is 10.1 Å². The van der Waals surface area contributed by atoms with E-state index in [1.807, 2.05) is 13.8 Å². The van der Waals surface area contributed by atoms with Crippen LogP contribution in [0.4, 0.5) is 5.69 Å². The molecule has 0 aliphatic carbocycles. The molecule has 0 saturated heterocycles. The number of esters is 1. The zero-order valence-corrected chi connectivity index (χ0v) is 16.1. The number of rotatable bonds is 5. The van der Waals surface area contributed by atoms with Gasteiger partial charge in [0.2, 0.25) is 0 Å². The second-order valence-electron chi connectivity index (χ2n) is 6.13. The Morgan fingerprint density at radius 3 is 2.33 bits per heavy atom. The van der Waals surface area contributed by atoms with Gasteiger partial charge in [0.15, 0.2) is 0 Å². The fraction of sp³-hybridized carbons (Fsp3) is 0.300. The smallest absolute Gasteiger partial charge is 0.331 e. The molecule has 0 aliphatic rings. The lowest BCUT2D eigenvalue weighted by Crippen LogP contribution is -2.22. The van der Waals surface area contributed by atoms with E-state index in [-0.39, 0.29) is 5.69 Å². The highest BCUT2D eigenvalue weighted by Crippen LogP contribution is 2.27. The van der Waals surface area contributed by atoms with Gasteiger partial charge in [-0.05, 0) is 45.0 Å². The lowest BCUT2D eigenvalue weighted by atomic mass is 10.2. The van der Waals surface area contributed by atoms with Gasteiger partial charge in [0.05, 0.1) is 4.92 Å². The van der Waals surface area contributed by atoms with Gasteiger partial charge in [-0.2, -0.15) is 0 Å². The Hall–Kier alpha value is -3.22. The molecule has 27 heavy (non-hydrogen) atoms. The highest BCUT2D eigenvalue weighted by molar-refractivity contribution is 5.87. The molecule has 1 heterocycles. The minimum Gasteiger partial charge on any atom is -0.457 e. The lowest BCUT2D eigenvalue weighted by Gasteiger charge is -2.17. The molecule has 0 fully saturated rings. The monoisotopic (exact) mass is 372 g/mol. The van der Waals surface area contributed by atoms with Crippen molar-refractivity contribution in [3.8, 4) is 11.5 Å². The molecule has 2 rings (SSSR count). The van der Waals surface area contributed by atoms with Crippen molar-refractivity contribution in [2.45, 2.75) is 40.2 Å². The van der Waals surface area contributed by atoms with Crippen LogP contribution in [0.5, 0.6) is 11.5 Å². The maximum Gasteiger partial charge on any atom is 0.331 e. The minimum absolute atomic E-state index is 0.0212. The number of hydrogen-bond donors (Lipinski definition) is 0. The van der Waals surface area contributed by atoms with E-state index in [1.165, 1.54) is 30.3 Å². The highest BCUT2D eigenvalue weighted by Gasteiger charge is 2.14. The molecule has 1 aromatic carbocycles.